The number of halogens is 1. The van der Waals surface area contributed by atoms with Crippen molar-refractivity contribution in [3.8, 4) is 0 Å². The molecule has 2 unspecified atom stereocenters. The summed E-state index contributed by atoms with van der Waals surface area (Å²) in [6, 6.07) is 2.03. The molecule has 3 heterocycles. The van der Waals surface area contributed by atoms with E-state index in [-0.39, 0.29) is 30.2 Å². The van der Waals surface area contributed by atoms with Crippen LogP contribution >= 0.6 is 11.6 Å². The predicted molar refractivity (Wildman–Crippen MR) is 131 cm³/mol. The van der Waals surface area contributed by atoms with E-state index < -0.39 is 15.9 Å². The average Bonchev–Trinajstić information content (AvgIpc) is 2.71. The van der Waals surface area contributed by atoms with Crippen LogP contribution in [0.3, 0.4) is 0 Å². The fourth-order valence-corrected chi connectivity index (χ4v) is 6.37. The lowest BCUT2D eigenvalue weighted by molar-refractivity contribution is -0.122. The van der Waals surface area contributed by atoms with Crippen molar-refractivity contribution in [2.45, 2.75) is 33.1 Å². The summed E-state index contributed by atoms with van der Waals surface area (Å²) in [4.78, 5) is 31.8. The molecule has 184 valence electrons. The number of fused-ring (bicyclic) bond motifs is 1. The van der Waals surface area contributed by atoms with E-state index in [1.807, 2.05) is 19.9 Å². The zero-order chi connectivity index (χ0) is 24.9. The topological polar surface area (TPSA) is 96.3 Å². The first-order chi connectivity index (χ1) is 15.9. The number of ether oxygens (including phenoxy) is 1. The summed E-state index contributed by atoms with van der Waals surface area (Å²) >= 11 is 6.85. The van der Waals surface area contributed by atoms with E-state index in [0.29, 0.717) is 48.1 Å². The summed E-state index contributed by atoms with van der Waals surface area (Å²) in [7, 11) is -1.69. The summed E-state index contributed by atoms with van der Waals surface area (Å²) in [5, 5.41) is 0.423. The Morgan fingerprint density at radius 2 is 1.94 bits per heavy atom. The van der Waals surface area contributed by atoms with Gasteiger partial charge in [-0.05, 0) is 54.9 Å². The van der Waals surface area contributed by atoms with Crippen LogP contribution in [0.4, 0.5) is 0 Å². The number of dihydropyridines is 1. The van der Waals surface area contributed by atoms with Crippen LogP contribution in [0, 0.1) is 18.8 Å². The molecule has 0 N–H and O–H groups in total. The van der Waals surface area contributed by atoms with Crippen LogP contribution in [0.15, 0.2) is 22.9 Å². The molecular formula is C24H30ClN3O5S. The molecule has 0 radical (unpaired) electrons. The van der Waals surface area contributed by atoms with Gasteiger partial charge in [-0.3, -0.25) is 9.59 Å². The van der Waals surface area contributed by atoms with Gasteiger partial charge in [0.1, 0.15) is 11.7 Å². The number of sulfonamides is 1. The van der Waals surface area contributed by atoms with E-state index in [1.54, 1.807) is 17.9 Å². The van der Waals surface area contributed by atoms with Crippen molar-refractivity contribution in [1.82, 2.24) is 9.21 Å². The number of allylic oxidation sites excluding steroid dienone is 1. The zero-order valence-corrected chi connectivity index (χ0v) is 21.7. The SMILES string of the molecule is COC1=CC(C)=NC(=O)C1CN1CCc2c(C)cc(C(C)C3CN(S(C)(=O)=O)C3)c(Cl)c2C1=O. The van der Waals surface area contributed by atoms with Crippen LogP contribution in [0.1, 0.15) is 46.8 Å². The molecule has 0 aromatic heterocycles. The summed E-state index contributed by atoms with van der Waals surface area (Å²) in [5.41, 5.74) is 3.86. The molecule has 0 bridgehead atoms. The average molecular weight is 508 g/mol. The number of hydrogen-bond acceptors (Lipinski definition) is 5. The second kappa shape index (κ2) is 9.09. The molecule has 2 amide bonds. The maximum atomic E-state index is 13.6. The van der Waals surface area contributed by atoms with Gasteiger partial charge < -0.3 is 9.64 Å². The smallest absolute Gasteiger partial charge is 0.258 e. The third-order valence-electron chi connectivity index (χ3n) is 7.22. The van der Waals surface area contributed by atoms with Crippen molar-refractivity contribution in [3.63, 3.8) is 0 Å². The van der Waals surface area contributed by atoms with Gasteiger partial charge in [-0.1, -0.05) is 24.6 Å². The summed E-state index contributed by atoms with van der Waals surface area (Å²) in [6.45, 7) is 7.29. The van der Waals surface area contributed by atoms with E-state index in [9.17, 15) is 18.0 Å². The number of nitrogens with zero attached hydrogens (tertiary/aromatic N) is 3. The summed E-state index contributed by atoms with van der Waals surface area (Å²) in [6.07, 6.45) is 3.58. The molecule has 34 heavy (non-hydrogen) atoms. The molecule has 0 spiro atoms. The van der Waals surface area contributed by atoms with Crippen molar-refractivity contribution in [1.29, 1.82) is 0 Å². The van der Waals surface area contributed by atoms with Crippen LogP contribution < -0.4 is 0 Å². The van der Waals surface area contributed by atoms with Crippen molar-refractivity contribution < 1.29 is 22.7 Å². The minimum atomic E-state index is -3.20. The van der Waals surface area contributed by atoms with Gasteiger partial charge in [0.15, 0.2) is 0 Å². The first-order valence-corrected chi connectivity index (χ1v) is 13.6. The Labute approximate surface area is 205 Å². The van der Waals surface area contributed by atoms with Crippen molar-refractivity contribution in [2.24, 2.45) is 16.8 Å². The van der Waals surface area contributed by atoms with Gasteiger partial charge in [0, 0.05) is 31.9 Å². The molecule has 3 aliphatic heterocycles. The third kappa shape index (κ3) is 4.41. The van der Waals surface area contributed by atoms with Crippen molar-refractivity contribution in [2.75, 3.05) is 39.5 Å². The lowest BCUT2D eigenvalue weighted by Gasteiger charge is -2.41. The molecule has 10 heteroatoms. The van der Waals surface area contributed by atoms with Crippen molar-refractivity contribution in [3.05, 3.63) is 45.2 Å². The molecule has 2 atom stereocenters. The first-order valence-electron chi connectivity index (χ1n) is 11.3. The Kier molecular flexibility index (Phi) is 6.65. The van der Waals surface area contributed by atoms with Gasteiger partial charge in [0.25, 0.3) is 11.8 Å². The number of carbonyl (C=O) groups excluding carboxylic acids is 2. The standard InChI is InChI=1S/C24H30ClN3O5S/c1-13-8-18(15(3)16-10-28(11-16)34(5,31)32)22(25)21-17(13)6-7-27(24(21)30)12-19-20(33-4)9-14(2)26-23(19)29/h8-9,15-16,19H,6-7,10-12H2,1-5H3. The lowest BCUT2D eigenvalue weighted by Crippen LogP contribution is -2.51. The fraction of sp³-hybridized carbons (Fsp3) is 0.542. The Balaban J connectivity index is 1.59. The van der Waals surface area contributed by atoms with Gasteiger partial charge in [-0.25, -0.2) is 17.7 Å². The molecule has 3 aliphatic rings. The number of carbonyl (C=O) groups is 2. The number of aryl methyl sites for hydroxylation is 1. The monoisotopic (exact) mass is 507 g/mol. The van der Waals surface area contributed by atoms with E-state index in [4.69, 9.17) is 16.3 Å². The van der Waals surface area contributed by atoms with E-state index >= 15 is 0 Å². The normalized spacial score (nSPS) is 22.6. The van der Waals surface area contributed by atoms with Crippen LogP contribution in [-0.4, -0.2) is 74.7 Å². The van der Waals surface area contributed by atoms with Crippen LogP contribution in [0.2, 0.25) is 5.02 Å². The van der Waals surface area contributed by atoms with Crippen LogP contribution in [0.25, 0.3) is 0 Å². The number of methoxy groups -OCH3 is 1. The minimum absolute atomic E-state index is 0.00191. The molecule has 1 aromatic rings. The van der Waals surface area contributed by atoms with E-state index in [1.165, 1.54) is 17.7 Å². The third-order valence-corrected chi connectivity index (χ3v) is 8.86. The van der Waals surface area contributed by atoms with Crippen LogP contribution in [0.5, 0.6) is 0 Å². The minimum Gasteiger partial charge on any atom is -0.500 e. The molecule has 4 rings (SSSR count). The van der Waals surface area contributed by atoms with Crippen LogP contribution in [-0.2, 0) is 26.0 Å². The molecule has 0 aliphatic carbocycles. The number of benzene rings is 1. The summed E-state index contributed by atoms with van der Waals surface area (Å²) < 4.78 is 30.4. The number of rotatable bonds is 6. The maximum Gasteiger partial charge on any atom is 0.258 e. The molecular weight excluding hydrogens is 478 g/mol. The number of amides is 2. The Morgan fingerprint density at radius 1 is 1.26 bits per heavy atom. The molecule has 1 fully saturated rings. The lowest BCUT2D eigenvalue weighted by atomic mass is 9.80. The molecule has 8 nitrogen and oxygen atoms in total. The fourth-order valence-electron chi connectivity index (χ4n) is 5.03. The van der Waals surface area contributed by atoms with Gasteiger partial charge in [0.05, 0.1) is 24.0 Å². The highest BCUT2D eigenvalue weighted by atomic mass is 35.5. The van der Waals surface area contributed by atoms with Gasteiger partial charge >= 0.3 is 0 Å². The predicted octanol–water partition coefficient (Wildman–Crippen LogP) is 2.79. The Hall–Kier alpha value is -2.23. The van der Waals surface area contributed by atoms with Crippen molar-refractivity contribution >= 4 is 39.2 Å². The Morgan fingerprint density at radius 3 is 2.56 bits per heavy atom. The van der Waals surface area contributed by atoms with Gasteiger partial charge in [-0.15, -0.1) is 0 Å². The quantitative estimate of drug-likeness (QED) is 0.590. The molecule has 0 saturated carbocycles. The highest BCUT2D eigenvalue weighted by molar-refractivity contribution is 7.88. The zero-order valence-electron chi connectivity index (χ0n) is 20.1. The molecule has 1 saturated heterocycles. The highest BCUT2D eigenvalue weighted by Crippen LogP contribution is 2.41. The first kappa shape index (κ1) is 24.9. The van der Waals surface area contributed by atoms with E-state index in [0.717, 1.165) is 16.7 Å². The second-order valence-corrected chi connectivity index (χ2v) is 11.8. The maximum absolute atomic E-state index is 13.6. The number of aliphatic imine (C=N–C) groups is 1. The highest BCUT2D eigenvalue weighted by Gasteiger charge is 2.40. The largest absolute Gasteiger partial charge is 0.500 e. The summed E-state index contributed by atoms with van der Waals surface area (Å²) in [5.74, 6) is -0.531. The van der Waals surface area contributed by atoms with Gasteiger partial charge in [-0.2, -0.15) is 0 Å². The Bertz CT molecular complexity index is 1220. The molecule has 1 aromatic carbocycles. The number of hydrogen-bond donors (Lipinski definition) is 0. The van der Waals surface area contributed by atoms with Gasteiger partial charge in [0.2, 0.25) is 10.0 Å². The van der Waals surface area contributed by atoms with E-state index in [2.05, 4.69) is 4.99 Å². The second-order valence-electron chi connectivity index (χ2n) is 9.47.